The molecule has 3 heterocycles. The molecule has 0 saturated carbocycles. The van der Waals surface area contributed by atoms with Crippen molar-refractivity contribution in [1.29, 1.82) is 0 Å². The van der Waals surface area contributed by atoms with Crippen molar-refractivity contribution < 1.29 is 8.83 Å². The summed E-state index contributed by atoms with van der Waals surface area (Å²) in [7, 11) is 0. The van der Waals surface area contributed by atoms with Crippen molar-refractivity contribution in [2.75, 3.05) is 6.54 Å². The van der Waals surface area contributed by atoms with Crippen molar-refractivity contribution in [2.45, 2.75) is 38.8 Å². The molecule has 96 valence electrons. The third-order valence-electron chi connectivity index (χ3n) is 3.48. The summed E-state index contributed by atoms with van der Waals surface area (Å²) in [6.45, 7) is 4.09. The highest BCUT2D eigenvalue weighted by atomic mass is 16.4. The van der Waals surface area contributed by atoms with E-state index in [4.69, 9.17) is 8.83 Å². The molecule has 0 aromatic carbocycles. The lowest BCUT2D eigenvalue weighted by molar-refractivity contribution is 0.139. The fraction of sp³-hybridized carbons (Fsp3) is 0.538. The molecule has 0 aliphatic carbocycles. The van der Waals surface area contributed by atoms with Crippen LogP contribution in [0.2, 0.25) is 0 Å². The van der Waals surface area contributed by atoms with Gasteiger partial charge in [-0.25, -0.2) is 0 Å². The number of furan rings is 1. The molecule has 0 N–H and O–H groups in total. The summed E-state index contributed by atoms with van der Waals surface area (Å²) in [5, 5.41) is 8.09. The largest absolute Gasteiger partial charge is 0.459 e. The normalized spacial score (nSPS) is 21.3. The standard InChI is InChI=1S/C13H17N3O2/c1-10-5-2-3-7-16(10)9-12-14-15-13(18-12)11-6-4-8-17-11/h4,6,8,10H,2-3,5,7,9H2,1H3/t10-/m1/s1. The summed E-state index contributed by atoms with van der Waals surface area (Å²) in [4.78, 5) is 2.39. The molecule has 0 radical (unpaired) electrons. The van der Waals surface area contributed by atoms with Crippen LogP contribution >= 0.6 is 0 Å². The minimum Gasteiger partial charge on any atom is -0.459 e. The van der Waals surface area contributed by atoms with E-state index in [1.165, 1.54) is 19.3 Å². The Kier molecular flexibility index (Phi) is 3.15. The van der Waals surface area contributed by atoms with E-state index in [1.54, 1.807) is 6.26 Å². The molecule has 1 atom stereocenters. The van der Waals surface area contributed by atoms with Gasteiger partial charge in [-0.2, -0.15) is 0 Å². The highest BCUT2D eigenvalue weighted by Gasteiger charge is 2.21. The van der Waals surface area contributed by atoms with E-state index in [1.807, 2.05) is 12.1 Å². The topological polar surface area (TPSA) is 55.3 Å². The minimum absolute atomic E-state index is 0.458. The highest BCUT2D eigenvalue weighted by Crippen LogP contribution is 2.21. The Morgan fingerprint density at radius 3 is 3.11 bits per heavy atom. The van der Waals surface area contributed by atoms with E-state index < -0.39 is 0 Å². The molecule has 5 heteroatoms. The Morgan fingerprint density at radius 2 is 2.33 bits per heavy atom. The third-order valence-corrected chi connectivity index (χ3v) is 3.48. The van der Waals surface area contributed by atoms with Gasteiger partial charge >= 0.3 is 0 Å². The first-order chi connectivity index (χ1) is 8.83. The number of hydrogen-bond donors (Lipinski definition) is 0. The number of aromatic nitrogens is 2. The molecule has 18 heavy (non-hydrogen) atoms. The zero-order valence-corrected chi connectivity index (χ0v) is 10.5. The van der Waals surface area contributed by atoms with Crippen LogP contribution in [0.25, 0.3) is 11.7 Å². The van der Waals surface area contributed by atoms with Gasteiger partial charge in [-0.1, -0.05) is 6.42 Å². The fourth-order valence-electron chi connectivity index (χ4n) is 2.38. The van der Waals surface area contributed by atoms with Gasteiger partial charge in [0.2, 0.25) is 5.89 Å². The lowest BCUT2D eigenvalue weighted by Gasteiger charge is -2.31. The zero-order chi connectivity index (χ0) is 12.4. The lowest BCUT2D eigenvalue weighted by atomic mass is 10.0. The molecule has 0 amide bonds. The smallest absolute Gasteiger partial charge is 0.283 e. The van der Waals surface area contributed by atoms with Crippen LogP contribution in [0.15, 0.2) is 27.2 Å². The molecule has 0 spiro atoms. The van der Waals surface area contributed by atoms with Crippen LogP contribution in [0.5, 0.6) is 0 Å². The Morgan fingerprint density at radius 1 is 1.39 bits per heavy atom. The average molecular weight is 247 g/mol. The molecule has 1 fully saturated rings. The Bertz CT molecular complexity index is 492. The number of likely N-dealkylation sites (tertiary alicyclic amines) is 1. The zero-order valence-electron chi connectivity index (χ0n) is 10.5. The van der Waals surface area contributed by atoms with Crippen LogP contribution in [-0.2, 0) is 6.54 Å². The summed E-state index contributed by atoms with van der Waals surface area (Å²) < 4.78 is 10.9. The van der Waals surface area contributed by atoms with Crippen molar-refractivity contribution in [2.24, 2.45) is 0 Å². The summed E-state index contributed by atoms with van der Waals surface area (Å²) in [5.74, 6) is 1.75. The summed E-state index contributed by atoms with van der Waals surface area (Å²) >= 11 is 0. The first-order valence-electron chi connectivity index (χ1n) is 6.43. The van der Waals surface area contributed by atoms with Gasteiger partial charge in [0.15, 0.2) is 5.76 Å². The van der Waals surface area contributed by atoms with E-state index in [9.17, 15) is 0 Å². The van der Waals surface area contributed by atoms with Crippen molar-refractivity contribution in [3.63, 3.8) is 0 Å². The molecule has 1 aliphatic heterocycles. The van der Waals surface area contributed by atoms with E-state index >= 15 is 0 Å². The van der Waals surface area contributed by atoms with E-state index in [0.29, 0.717) is 23.6 Å². The second-order valence-corrected chi connectivity index (χ2v) is 4.79. The van der Waals surface area contributed by atoms with Gasteiger partial charge in [-0.3, -0.25) is 4.90 Å². The van der Waals surface area contributed by atoms with Gasteiger partial charge in [0.25, 0.3) is 5.89 Å². The highest BCUT2D eigenvalue weighted by molar-refractivity contribution is 5.42. The predicted molar refractivity (Wildman–Crippen MR) is 65.7 cm³/mol. The van der Waals surface area contributed by atoms with E-state index in [2.05, 4.69) is 22.0 Å². The van der Waals surface area contributed by atoms with Crippen molar-refractivity contribution >= 4 is 0 Å². The van der Waals surface area contributed by atoms with Crippen molar-refractivity contribution in [3.8, 4) is 11.7 Å². The Hall–Kier alpha value is -1.62. The van der Waals surface area contributed by atoms with Gasteiger partial charge in [0, 0.05) is 6.04 Å². The molecule has 0 bridgehead atoms. The quantitative estimate of drug-likeness (QED) is 0.834. The van der Waals surface area contributed by atoms with Gasteiger partial charge in [-0.15, -0.1) is 10.2 Å². The van der Waals surface area contributed by atoms with Crippen molar-refractivity contribution in [1.82, 2.24) is 15.1 Å². The summed E-state index contributed by atoms with van der Waals surface area (Å²) in [6, 6.07) is 4.23. The van der Waals surface area contributed by atoms with E-state index in [-0.39, 0.29) is 0 Å². The fourth-order valence-corrected chi connectivity index (χ4v) is 2.38. The summed E-state index contributed by atoms with van der Waals surface area (Å²) in [6.07, 6.45) is 5.42. The van der Waals surface area contributed by atoms with Gasteiger partial charge in [-0.05, 0) is 38.4 Å². The number of nitrogens with zero attached hydrogens (tertiary/aromatic N) is 3. The second-order valence-electron chi connectivity index (χ2n) is 4.79. The minimum atomic E-state index is 0.458. The Balaban J connectivity index is 1.70. The molecule has 2 aromatic rings. The molecular weight excluding hydrogens is 230 g/mol. The number of hydrogen-bond acceptors (Lipinski definition) is 5. The maximum Gasteiger partial charge on any atom is 0.283 e. The van der Waals surface area contributed by atoms with Gasteiger partial charge in [0.1, 0.15) is 0 Å². The monoisotopic (exact) mass is 247 g/mol. The average Bonchev–Trinajstić information content (AvgIpc) is 3.02. The molecule has 5 nitrogen and oxygen atoms in total. The number of piperidine rings is 1. The Labute approximate surface area is 106 Å². The maximum absolute atomic E-state index is 5.62. The molecule has 3 rings (SSSR count). The second kappa shape index (κ2) is 4.94. The predicted octanol–water partition coefficient (Wildman–Crippen LogP) is 2.70. The number of rotatable bonds is 3. The van der Waals surface area contributed by atoms with Gasteiger partial charge in [0.05, 0.1) is 12.8 Å². The molecular formula is C13H17N3O2. The van der Waals surface area contributed by atoms with Crippen LogP contribution in [0.3, 0.4) is 0 Å². The molecule has 1 aliphatic rings. The first kappa shape index (κ1) is 11.5. The van der Waals surface area contributed by atoms with Crippen LogP contribution in [-0.4, -0.2) is 27.7 Å². The van der Waals surface area contributed by atoms with Crippen molar-refractivity contribution in [3.05, 3.63) is 24.3 Å². The molecule has 1 saturated heterocycles. The van der Waals surface area contributed by atoms with Crippen LogP contribution in [0.1, 0.15) is 32.1 Å². The van der Waals surface area contributed by atoms with Gasteiger partial charge < -0.3 is 8.83 Å². The van der Waals surface area contributed by atoms with E-state index in [0.717, 1.165) is 13.1 Å². The maximum atomic E-state index is 5.62. The van der Waals surface area contributed by atoms with Crippen LogP contribution < -0.4 is 0 Å². The molecule has 2 aromatic heterocycles. The molecule has 0 unspecified atom stereocenters. The third kappa shape index (κ3) is 2.31. The van der Waals surface area contributed by atoms with Crippen LogP contribution in [0, 0.1) is 0 Å². The van der Waals surface area contributed by atoms with Crippen LogP contribution in [0.4, 0.5) is 0 Å². The summed E-state index contributed by atoms with van der Waals surface area (Å²) in [5.41, 5.74) is 0. The lowest BCUT2D eigenvalue weighted by Crippen LogP contribution is -2.36. The SMILES string of the molecule is C[C@@H]1CCCCN1Cc1nnc(-c2ccco2)o1. The first-order valence-corrected chi connectivity index (χ1v) is 6.43.